The Morgan fingerprint density at radius 3 is 1.17 bits per heavy atom. The van der Waals surface area contributed by atoms with Crippen LogP contribution in [0.25, 0.3) is 77.5 Å². The third-order valence-electron chi connectivity index (χ3n) is 16.7. The van der Waals surface area contributed by atoms with E-state index in [9.17, 15) is 9.59 Å². The Kier molecular flexibility index (Phi) is 13.3. The van der Waals surface area contributed by atoms with Crippen LogP contribution in [0.5, 0.6) is 23.0 Å². The number of rotatable bonds is 12. The summed E-state index contributed by atoms with van der Waals surface area (Å²) in [5, 5.41) is 1.99. The van der Waals surface area contributed by atoms with Gasteiger partial charge < -0.3 is 19.3 Å². The number of anilines is 6. The van der Waals surface area contributed by atoms with E-state index in [1.165, 1.54) is 0 Å². The van der Waals surface area contributed by atoms with Gasteiger partial charge >= 0.3 is 0 Å². The fraction of sp³-hybridized carbons (Fsp3) is 0. The van der Waals surface area contributed by atoms with E-state index in [4.69, 9.17) is 14.5 Å². The number of para-hydroxylation sites is 10. The Balaban J connectivity index is 0.945. The highest BCUT2D eigenvalue weighted by Crippen LogP contribution is 2.56. The van der Waals surface area contributed by atoms with Crippen LogP contribution in [0.15, 0.2) is 304 Å². The van der Waals surface area contributed by atoms with Crippen LogP contribution in [0.4, 0.5) is 34.1 Å². The van der Waals surface area contributed by atoms with Gasteiger partial charge in [0.15, 0.2) is 23.0 Å². The van der Waals surface area contributed by atoms with Crippen LogP contribution in [0.1, 0.15) is 32.4 Å². The minimum Gasteiger partial charge on any atom is -0.453 e. The number of carbonyl (C=O) groups excluding carboxylic acids is 2. The number of ketones is 2. The lowest BCUT2D eigenvalue weighted by molar-refractivity contribution is 0.102. The van der Waals surface area contributed by atoms with Crippen LogP contribution in [0, 0.1) is 0 Å². The first kappa shape index (κ1) is 53.1. The first-order chi connectivity index (χ1) is 44.5. The van der Waals surface area contributed by atoms with Crippen molar-refractivity contribution in [1.29, 1.82) is 0 Å². The minimum atomic E-state index is -0.262. The van der Waals surface area contributed by atoms with Crippen LogP contribution in [-0.2, 0) is 0 Å². The fourth-order valence-corrected chi connectivity index (χ4v) is 12.5. The van der Waals surface area contributed by atoms with E-state index in [-0.39, 0.29) is 11.6 Å². The summed E-state index contributed by atoms with van der Waals surface area (Å²) >= 11 is 0. The maximum atomic E-state index is 14.1. The standard InChI is InChI=1S/C80H50N6O4/c87-79(65-26-15-17-41-81-65)67-39-38-54(50-84-67)51-20-19-21-52(44-51)61-45-55-48-64(60-25-4-6-29-70(60)86-73-32-9-13-36-77(73)90-78-37-14-10-33-74(78)86)62(58-23-2-1-22-57(58)53-40-43-83-68(49-53)80(88)66-27-16-18-42-82-66)46-56(55)47-63(61)59-24-3-5-28-69(59)85-71-30-7-11-34-75(71)89-76-35-12-8-31-72(76)85/h1-50H. The topological polar surface area (TPSA) is 111 Å². The highest BCUT2D eigenvalue weighted by Gasteiger charge is 2.31. The number of hydrogen-bond donors (Lipinski definition) is 0. The number of ether oxygens (including phenoxy) is 2. The third kappa shape index (κ3) is 9.49. The van der Waals surface area contributed by atoms with Crippen LogP contribution in [-0.4, -0.2) is 31.5 Å². The Morgan fingerprint density at radius 2 is 0.656 bits per heavy atom. The van der Waals surface area contributed by atoms with Crippen LogP contribution in [0.3, 0.4) is 0 Å². The molecule has 0 aliphatic carbocycles. The maximum Gasteiger partial charge on any atom is 0.229 e. The molecule has 0 radical (unpaired) electrons. The first-order valence-electron chi connectivity index (χ1n) is 29.6. The van der Waals surface area contributed by atoms with Crippen molar-refractivity contribution in [1.82, 2.24) is 19.9 Å². The molecule has 10 heteroatoms. The smallest absolute Gasteiger partial charge is 0.229 e. The second-order valence-electron chi connectivity index (χ2n) is 22.0. The van der Waals surface area contributed by atoms with Crippen LogP contribution >= 0.6 is 0 Å². The van der Waals surface area contributed by atoms with Crippen molar-refractivity contribution in [3.8, 4) is 89.8 Å². The van der Waals surface area contributed by atoms with E-state index in [0.29, 0.717) is 22.8 Å². The van der Waals surface area contributed by atoms with Crippen LogP contribution < -0.4 is 19.3 Å². The van der Waals surface area contributed by atoms with Crippen LogP contribution in [0.2, 0.25) is 0 Å². The van der Waals surface area contributed by atoms with E-state index in [1.807, 2.05) is 103 Å². The molecule has 0 unspecified atom stereocenters. The highest BCUT2D eigenvalue weighted by molar-refractivity contribution is 6.10. The van der Waals surface area contributed by atoms with Crippen molar-refractivity contribution in [2.75, 3.05) is 9.80 Å². The molecule has 6 heterocycles. The molecule has 0 amide bonds. The Hall–Kier alpha value is -12.4. The van der Waals surface area contributed by atoms with Gasteiger partial charge in [-0.1, -0.05) is 146 Å². The van der Waals surface area contributed by atoms with Gasteiger partial charge in [0.1, 0.15) is 22.8 Å². The predicted octanol–water partition coefficient (Wildman–Crippen LogP) is 20.0. The average Bonchev–Trinajstić information content (AvgIpc) is 0.925. The van der Waals surface area contributed by atoms with E-state index in [2.05, 4.69) is 164 Å². The third-order valence-corrected chi connectivity index (χ3v) is 16.7. The molecule has 16 rings (SSSR count). The normalized spacial score (nSPS) is 12.0. The summed E-state index contributed by atoms with van der Waals surface area (Å²) in [4.78, 5) is 50.1. The van der Waals surface area contributed by atoms with Gasteiger partial charge in [0.25, 0.3) is 0 Å². The van der Waals surface area contributed by atoms with Crippen molar-refractivity contribution < 1.29 is 19.1 Å². The fourth-order valence-electron chi connectivity index (χ4n) is 12.5. The number of pyridine rings is 4. The zero-order valence-electron chi connectivity index (χ0n) is 48.2. The van der Waals surface area contributed by atoms with Gasteiger partial charge in [0.2, 0.25) is 11.6 Å². The number of benzene rings is 10. The average molecular weight is 1160 g/mol. The molecular formula is C80H50N6O4. The monoisotopic (exact) mass is 1160 g/mol. The molecule has 2 aliphatic rings. The summed E-state index contributed by atoms with van der Waals surface area (Å²) in [7, 11) is 0. The van der Waals surface area contributed by atoms with Gasteiger partial charge in [0, 0.05) is 41.5 Å². The molecule has 10 aromatic carbocycles. The largest absolute Gasteiger partial charge is 0.453 e. The Morgan fingerprint density at radius 1 is 0.256 bits per heavy atom. The molecule has 424 valence electrons. The quantitative estimate of drug-likeness (QED) is 0.110. The summed E-state index contributed by atoms with van der Waals surface area (Å²) < 4.78 is 13.2. The number of nitrogens with zero attached hydrogens (tertiary/aromatic N) is 6. The van der Waals surface area contributed by atoms with Gasteiger partial charge in [-0.15, -0.1) is 0 Å². The van der Waals surface area contributed by atoms with E-state index >= 15 is 0 Å². The number of hydrogen-bond acceptors (Lipinski definition) is 10. The number of carbonyl (C=O) groups is 2. The van der Waals surface area contributed by atoms with Crippen molar-refractivity contribution >= 4 is 56.5 Å². The molecule has 0 N–H and O–H groups in total. The molecular weight excluding hydrogens is 1110 g/mol. The summed E-state index contributed by atoms with van der Waals surface area (Å²) in [6, 6.07) is 94.3. The molecule has 0 bridgehead atoms. The lowest BCUT2D eigenvalue weighted by atomic mass is 9.84. The lowest BCUT2D eigenvalue weighted by Crippen LogP contribution is -2.16. The minimum absolute atomic E-state index is 0.242. The van der Waals surface area contributed by atoms with Gasteiger partial charge in [0.05, 0.1) is 34.1 Å². The Labute approximate surface area is 518 Å². The predicted molar refractivity (Wildman–Crippen MR) is 357 cm³/mol. The summed E-state index contributed by atoms with van der Waals surface area (Å²) in [5.74, 6) is 2.49. The van der Waals surface area contributed by atoms with Gasteiger partial charge in [-0.2, -0.15) is 0 Å². The SMILES string of the molecule is O=C(c1ccccn1)c1ccc(-c2cccc(-c3cc4cc(-c5ccccc5N5c6ccccc6Oc6ccccc65)c(-c5ccccc5-c5ccnc(C(=O)c6ccccn6)c5)cc4cc3-c3ccccc3N3c4ccccc4Oc4ccccc43)c2)cn1. The van der Waals surface area contributed by atoms with E-state index < -0.39 is 0 Å². The van der Waals surface area contributed by atoms with Crippen molar-refractivity contribution in [2.24, 2.45) is 0 Å². The van der Waals surface area contributed by atoms with Crippen molar-refractivity contribution in [3.63, 3.8) is 0 Å². The lowest BCUT2D eigenvalue weighted by Gasteiger charge is -2.34. The van der Waals surface area contributed by atoms with Crippen molar-refractivity contribution in [2.45, 2.75) is 0 Å². The molecule has 0 atom stereocenters. The second kappa shape index (κ2) is 22.5. The van der Waals surface area contributed by atoms with E-state index in [0.717, 1.165) is 135 Å². The zero-order chi connectivity index (χ0) is 60.1. The van der Waals surface area contributed by atoms with Gasteiger partial charge in [-0.3, -0.25) is 29.5 Å². The molecule has 0 saturated heterocycles. The number of aromatic nitrogens is 4. The van der Waals surface area contributed by atoms with Gasteiger partial charge in [-0.05, 0) is 194 Å². The van der Waals surface area contributed by atoms with Gasteiger partial charge in [-0.25, -0.2) is 0 Å². The molecule has 0 fully saturated rings. The number of fused-ring (bicyclic) bond motifs is 5. The summed E-state index contributed by atoms with van der Waals surface area (Å²) in [6.07, 6.45) is 6.70. The Bertz CT molecular complexity index is 5060. The first-order valence-corrected chi connectivity index (χ1v) is 29.6. The molecule has 10 nitrogen and oxygen atoms in total. The summed E-state index contributed by atoms with van der Waals surface area (Å²) in [5.41, 5.74) is 18.2. The summed E-state index contributed by atoms with van der Waals surface area (Å²) in [6.45, 7) is 0. The molecule has 4 aromatic heterocycles. The van der Waals surface area contributed by atoms with Crippen molar-refractivity contribution in [3.05, 3.63) is 327 Å². The molecule has 2 aliphatic heterocycles. The zero-order valence-corrected chi connectivity index (χ0v) is 48.2. The maximum absolute atomic E-state index is 14.1. The molecule has 0 saturated carbocycles. The second-order valence-corrected chi connectivity index (χ2v) is 22.0. The molecule has 90 heavy (non-hydrogen) atoms. The van der Waals surface area contributed by atoms with E-state index in [1.54, 1.807) is 61.2 Å². The molecule has 14 aromatic rings. The highest BCUT2D eigenvalue weighted by atomic mass is 16.5. The molecule has 0 spiro atoms.